The molecule has 1 saturated heterocycles. The molecule has 1 atom stereocenters. The van der Waals surface area contributed by atoms with Crippen LogP contribution in [0.15, 0.2) is 60.7 Å². The molecule has 1 unspecified atom stereocenters. The number of nitrogens with zero attached hydrogens (tertiary/aromatic N) is 3. The SMILES string of the molecule is COc1ccc(-c2cc(C(=O)N3CCC(C)(CN)C3)nn2-c2ccccc2)cc1. The van der Waals surface area contributed by atoms with Gasteiger partial charge in [0, 0.05) is 18.7 Å². The van der Waals surface area contributed by atoms with Crippen LogP contribution in [0.2, 0.25) is 0 Å². The lowest BCUT2D eigenvalue weighted by atomic mass is 9.90. The minimum absolute atomic E-state index is 0.0174. The van der Waals surface area contributed by atoms with Crippen molar-refractivity contribution in [2.75, 3.05) is 26.7 Å². The molecule has 1 aromatic heterocycles. The second-order valence-electron chi connectivity index (χ2n) is 7.88. The highest BCUT2D eigenvalue weighted by Gasteiger charge is 2.36. The van der Waals surface area contributed by atoms with E-state index in [1.54, 1.807) is 7.11 Å². The fourth-order valence-corrected chi connectivity index (χ4v) is 3.74. The van der Waals surface area contributed by atoms with Crippen LogP contribution in [0.1, 0.15) is 23.8 Å². The Morgan fingerprint density at radius 1 is 1.17 bits per heavy atom. The fraction of sp³-hybridized carbons (Fsp3) is 0.304. The van der Waals surface area contributed by atoms with Crippen molar-refractivity contribution in [3.8, 4) is 22.7 Å². The average molecular weight is 390 g/mol. The molecule has 0 radical (unpaired) electrons. The summed E-state index contributed by atoms with van der Waals surface area (Å²) in [5.74, 6) is 0.737. The summed E-state index contributed by atoms with van der Waals surface area (Å²) in [6.45, 7) is 4.08. The lowest BCUT2D eigenvalue weighted by Gasteiger charge is -2.22. The first-order valence-electron chi connectivity index (χ1n) is 9.82. The Bertz CT molecular complexity index is 997. The molecule has 2 aromatic carbocycles. The van der Waals surface area contributed by atoms with E-state index >= 15 is 0 Å². The first-order valence-corrected chi connectivity index (χ1v) is 9.82. The van der Waals surface area contributed by atoms with Crippen LogP contribution in [0.4, 0.5) is 0 Å². The Hall–Kier alpha value is -3.12. The van der Waals surface area contributed by atoms with E-state index in [-0.39, 0.29) is 11.3 Å². The minimum atomic E-state index is -0.0494. The minimum Gasteiger partial charge on any atom is -0.497 e. The predicted octanol–water partition coefficient (Wildman–Crippen LogP) is 3.36. The zero-order chi connectivity index (χ0) is 20.4. The third-order valence-corrected chi connectivity index (χ3v) is 5.65. The molecule has 0 spiro atoms. The highest BCUT2D eigenvalue weighted by Crippen LogP contribution is 2.31. The van der Waals surface area contributed by atoms with Crippen molar-refractivity contribution in [1.29, 1.82) is 0 Å². The van der Waals surface area contributed by atoms with Crippen molar-refractivity contribution in [2.45, 2.75) is 13.3 Å². The third kappa shape index (κ3) is 3.76. The summed E-state index contributed by atoms with van der Waals surface area (Å²) >= 11 is 0. The molecular weight excluding hydrogens is 364 g/mol. The van der Waals surface area contributed by atoms with E-state index in [1.165, 1.54) is 0 Å². The molecule has 1 amide bonds. The number of nitrogens with two attached hydrogens (primary N) is 1. The molecule has 150 valence electrons. The number of ether oxygens (including phenoxy) is 1. The van der Waals surface area contributed by atoms with Gasteiger partial charge in [-0.2, -0.15) is 5.10 Å². The number of hydrogen-bond donors (Lipinski definition) is 1. The van der Waals surface area contributed by atoms with Crippen LogP contribution in [-0.2, 0) is 0 Å². The first-order chi connectivity index (χ1) is 14.0. The lowest BCUT2D eigenvalue weighted by Crippen LogP contribution is -2.34. The highest BCUT2D eigenvalue weighted by atomic mass is 16.5. The summed E-state index contributed by atoms with van der Waals surface area (Å²) < 4.78 is 7.09. The molecule has 6 nitrogen and oxygen atoms in total. The highest BCUT2D eigenvalue weighted by molar-refractivity contribution is 5.94. The molecule has 6 heteroatoms. The van der Waals surface area contributed by atoms with Gasteiger partial charge in [0.05, 0.1) is 18.5 Å². The maximum Gasteiger partial charge on any atom is 0.274 e. The molecule has 1 aliphatic heterocycles. The van der Waals surface area contributed by atoms with Crippen molar-refractivity contribution >= 4 is 5.91 Å². The molecule has 3 aromatic rings. The number of aromatic nitrogens is 2. The summed E-state index contributed by atoms with van der Waals surface area (Å²) in [7, 11) is 1.64. The Kier molecular flexibility index (Phi) is 5.11. The van der Waals surface area contributed by atoms with Gasteiger partial charge in [0.15, 0.2) is 5.69 Å². The van der Waals surface area contributed by atoms with Gasteiger partial charge in [-0.05, 0) is 60.8 Å². The van der Waals surface area contributed by atoms with E-state index in [0.717, 1.165) is 29.1 Å². The molecule has 2 heterocycles. The number of amides is 1. The summed E-state index contributed by atoms with van der Waals surface area (Å²) in [6, 6.07) is 19.5. The van der Waals surface area contributed by atoms with Crippen molar-refractivity contribution in [2.24, 2.45) is 11.1 Å². The van der Waals surface area contributed by atoms with Gasteiger partial charge in [0.25, 0.3) is 5.91 Å². The third-order valence-electron chi connectivity index (χ3n) is 5.65. The number of likely N-dealkylation sites (tertiary alicyclic amines) is 1. The van der Waals surface area contributed by atoms with Gasteiger partial charge in [-0.15, -0.1) is 0 Å². The van der Waals surface area contributed by atoms with E-state index in [2.05, 4.69) is 12.0 Å². The molecule has 2 N–H and O–H groups in total. The molecule has 4 rings (SSSR count). The zero-order valence-corrected chi connectivity index (χ0v) is 16.8. The number of carbonyl (C=O) groups is 1. The van der Waals surface area contributed by atoms with Gasteiger partial charge in [-0.1, -0.05) is 25.1 Å². The van der Waals surface area contributed by atoms with Crippen LogP contribution in [0, 0.1) is 5.41 Å². The van der Waals surface area contributed by atoms with E-state index in [0.29, 0.717) is 25.3 Å². The molecular formula is C23H26N4O2. The van der Waals surface area contributed by atoms with E-state index < -0.39 is 0 Å². The standard InChI is InChI=1S/C23H26N4O2/c1-23(15-24)12-13-26(16-23)22(28)20-14-21(17-8-10-19(29-2)11-9-17)27(25-20)18-6-4-3-5-7-18/h3-11,14H,12-13,15-16,24H2,1-2H3. The van der Waals surface area contributed by atoms with Crippen molar-refractivity contribution < 1.29 is 9.53 Å². The lowest BCUT2D eigenvalue weighted by molar-refractivity contribution is 0.0770. The van der Waals surface area contributed by atoms with Gasteiger partial charge in [-0.3, -0.25) is 4.79 Å². The second-order valence-corrected chi connectivity index (χ2v) is 7.88. The summed E-state index contributed by atoms with van der Waals surface area (Å²) in [5, 5.41) is 4.68. The molecule has 0 bridgehead atoms. The Balaban J connectivity index is 1.72. The first kappa shape index (κ1) is 19.2. The number of para-hydroxylation sites is 1. The number of methoxy groups -OCH3 is 1. The van der Waals surface area contributed by atoms with Crippen LogP contribution in [0.5, 0.6) is 5.75 Å². The van der Waals surface area contributed by atoms with E-state index in [9.17, 15) is 4.79 Å². The molecule has 1 aliphatic rings. The maximum absolute atomic E-state index is 13.2. The quantitative estimate of drug-likeness (QED) is 0.725. The molecule has 1 fully saturated rings. The van der Waals surface area contributed by atoms with Crippen LogP contribution in [0.25, 0.3) is 16.9 Å². The Morgan fingerprint density at radius 2 is 1.90 bits per heavy atom. The van der Waals surface area contributed by atoms with Gasteiger partial charge in [0.2, 0.25) is 0 Å². The fourth-order valence-electron chi connectivity index (χ4n) is 3.74. The number of carbonyl (C=O) groups excluding carboxylic acids is 1. The largest absolute Gasteiger partial charge is 0.497 e. The molecule has 29 heavy (non-hydrogen) atoms. The number of hydrogen-bond acceptors (Lipinski definition) is 4. The second kappa shape index (κ2) is 7.72. The molecule has 0 saturated carbocycles. The van der Waals surface area contributed by atoms with Crippen LogP contribution in [0.3, 0.4) is 0 Å². The summed E-state index contributed by atoms with van der Waals surface area (Å²) in [5.41, 5.74) is 9.07. The normalized spacial score (nSPS) is 18.8. The molecule has 0 aliphatic carbocycles. The number of benzene rings is 2. The van der Waals surface area contributed by atoms with Crippen LogP contribution < -0.4 is 10.5 Å². The maximum atomic E-state index is 13.2. The smallest absolute Gasteiger partial charge is 0.274 e. The zero-order valence-electron chi connectivity index (χ0n) is 16.8. The van der Waals surface area contributed by atoms with E-state index in [1.807, 2.05) is 70.2 Å². The van der Waals surface area contributed by atoms with Crippen LogP contribution >= 0.6 is 0 Å². The van der Waals surface area contributed by atoms with Gasteiger partial charge in [-0.25, -0.2) is 4.68 Å². The topological polar surface area (TPSA) is 73.4 Å². The van der Waals surface area contributed by atoms with Crippen molar-refractivity contribution in [3.05, 3.63) is 66.4 Å². The van der Waals surface area contributed by atoms with Gasteiger partial charge >= 0.3 is 0 Å². The van der Waals surface area contributed by atoms with E-state index in [4.69, 9.17) is 10.5 Å². The Morgan fingerprint density at radius 3 is 2.52 bits per heavy atom. The number of rotatable bonds is 5. The average Bonchev–Trinajstić information content (AvgIpc) is 3.39. The monoisotopic (exact) mass is 390 g/mol. The summed E-state index contributed by atoms with van der Waals surface area (Å²) in [4.78, 5) is 15.0. The summed E-state index contributed by atoms with van der Waals surface area (Å²) in [6.07, 6.45) is 0.917. The van der Waals surface area contributed by atoms with Gasteiger partial charge in [0.1, 0.15) is 5.75 Å². The Labute approximate surface area is 170 Å². The predicted molar refractivity (Wildman–Crippen MR) is 113 cm³/mol. The van der Waals surface area contributed by atoms with Gasteiger partial charge < -0.3 is 15.4 Å². The van der Waals surface area contributed by atoms with Crippen molar-refractivity contribution in [1.82, 2.24) is 14.7 Å². The van der Waals surface area contributed by atoms with Crippen LogP contribution in [-0.4, -0.2) is 47.3 Å². The van der Waals surface area contributed by atoms with Crippen molar-refractivity contribution in [3.63, 3.8) is 0 Å².